The molecule has 1 aromatic heterocycles. The van der Waals surface area contributed by atoms with Crippen molar-refractivity contribution in [2.24, 2.45) is 10.7 Å². The Kier molecular flexibility index (Phi) is 2.39. The van der Waals surface area contributed by atoms with Crippen LogP contribution in [0.4, 0.5) is 0 Å². The number of halogens is 1. The maximum atomic E-state index is 11.2. The highest BCUT2D eigenvalue weighted by molar-refractivity contribution is 9.10. The Bertz CT molecular complexity index is 449. The molecule has 0 radical (unpaired) electrons. The van der Waals surface area contributed by atoms with E-state index in [-0.39, 0.29) is 11.9 Å². The number of guanidine groups is 1. The first kappa shape index (κ1) is 9.42. The van der Waals surface area contributed by atoms with Crippen molar-refractivity contribution < 1.29 is 4.79 Å². The zero-order valence-corrected chi connectivity index (χ0v) is 9.35. The predicted molar refractivity (Wildman–Crippen MR) is 59.8 cm³/mol. The van der Waals surface area contributed by atoms with Gasteiger partial charge in [-0.3, -0.25) is 10.1 Å². The van der Waals surface area contributed by atoms with Crippen LogP contribution >= 0.6 is 27.3 Å². The lowest BCUT2D eigenvalue weighted by Gasteiger charge is -1.88. The maximum Gasteiger partial charge on any atom is 0.276 e. The highest BCUT2D eigenvalue weighted by Crippen LogP contribution is 2.22. The van der Waals surface area contributed by atoms with Gasteiger partial charge in [0.1, 0.15) is 5.70 Å². The van der Waals surface area contributed by atoms with Crippen molar-refractivity contribution in [2.75, 3.05) is 0 Å². The molecule has 14 heavy (non-hydrogen) atoms. The highest BCUT2D eigenvalue weighted by Gasteiger charge is 2.17. The third-order valence-corrected chi connectivity index (χ3v) is 3.22. The molecule has 4 nitrogen and oxygen atoms in total. The van der Waals surface area contributed by atoms with Crippen LogP contribution in [-0.2, 0) is 4.79 Å². The number of amides is 1. The average molecular weight is 272 g/mol. The number of carbonyl (C=O) groups is 1. The summed E-state index contributed by atoms with van der Waals surface area (Å²) in [5, 5.41) is 4.34. The number of hydrogen-bond acceptors (Lipinski definition) is 4. The lowest BCUT2D eigenvalue weighted by molar-refractivity contribution is -0.115. The molecule has 2 rings (SSSR count). The zero-order valence-electron chi connectivity index (χ0n) is 6.95. The Balaban J connectivity index is 2.31. The first-order valence-electron chi connectivity index (χ1n) is 3.76. The molecule has 72 valence electrons. The van der Waals surface area contributed by atoms with Gasteiger partial charge in [-0.25, -0.2) is 4.99 Å². The molecule has 6 heteroatoms. The van der Waals surface area contributed by atoms with E-state index in [2.05, 4.69) is 26.2 Å². The molecule has 1 aliphatic rings. The van der Waals surface area contributed by atoms with E-state index < -0.39 is 0 Å². The summed E-state index contributed by atoms with van der Waals surface area (Å²) in [5.74, 6) is -0.108. The van der Waals surface area contributed by atoms with E-state index in [4.69, 9.17) is 5.73 Å². The van der Waals surface area contributed by atoms with E-state index in [0.29, 0.717) is 5.70 Å². The summed E-state index contributed by atoms with van der Waals surface area (Å²) in [6.07, 6.45) is 1.70. The Hall–Kier alpha value is -1.14. The van der Waals surface area contributed by atoms with Gasteiger partial charge in [0.15, 0.2) is 0 Å². The molecule has 0 spiro atoms. The molecule has 0 atom stereocenters. The van der Waals surface area contributed by atoms with Crippen LogP contribution in [0.1, 0.15) is 4.88 Å². The van der Waals surface area contributed by atoms with E-state index in [1.165, 1.54) is 11.3 Å². The standard InChI is InChI=1S/C8H6BrN3OS/c9-4-1-5(14-3-4)2-6-7(13)12-8(10)11-6/h1-3H,(H3,10,11,12,13)/b6-2+. The van der Waals surface area contributed by atoms with E-state index in [1.807, 2.05) is 11.4 Å². The van der Waals surface area contributed by atoms with E-state index in [1.54, 1.807) is 6.08 Å². The monoisotopic (exact) mass is 271 g/mol. The minimum Gasteiger partial charge on any atom is -0.369 e. The largest absolute Gasteiger partial charge is 0.369 e. The van der Waals surface area contributed by atoms with Gasteiger partial charge < -0.3 is 5.73 Å². The fourth-order valence-corrected chi connectivity index (χ4v) is 2.40. The van der Waals surface area contributed by atoms with Gasteiger partial charge in [0.05, 0.1) is 0 Å². The van der Waals surface area contributed by atoms with Crippen LogP contribution in [0.3, 0.4) is 0 Å². The molecule has 0 saturated carbocycles. The molecule has 1 aromatic rings. The Labute approximate surface area is 92.7 Å². The van der Waals surface area contributed by atoms with Gasteiger partial charge in [0, 0.05) is 14.7 Å². The minimum atomic E-state index is -0.257. The Morgan fingerprint density at radius 1 is 1.64 bits per heavy atom. The number of thiophene rings is 1. The summed E-state index contributed by atoms with van der Waals surface area (Å²) >= 11 is 4.85. The topological polar surface area (TPSA) is 67.5 Å². The van der Waals surface area contributed by atoms with Gasteiger partial charge in [0.25, 0.3) is 5.91 Å². The van der Waals surface area contributed by atoms with Gasteiger partial charge in [-0.15, -0.1) is 11.3 Å². The minimum absolute atomic E-state index is 0.150. The molecular weight excluding hydrogens is 266 g/mol. The van der Waals surface area contributed by atoms with Gasteiger partial charge in [-0.1, -0.05) is 0 Å². The fraction of sp³-hybridized carbons (Fsp3) is 0. The first-order chi connectivity index (χ1) is 6.65. The molecule has 1 amide bonds. The SMILES string of the molecule is NC1=N/C(=C/c2cc(Br)cs2)C(=O)N1. The van der Waals surface area contributed by atoms with Crippen molar-refractivity contribution in [1.82, 2.24) is 5.32 Å². The second-order valence-electron chi connectivity index (χ2n) is 2.65. The van der Waals surface area contributed by atoms with Gasteiger partial charge in [-0.2, -0.15) is 0 Å². The van der Waals surface area contributed by atoms with Crippen molar-refractivity contribution in [3.8, 4) is 0 Å². The number of hydrogen-bond donors (Lipinski definition) is 2. The number of rotatable bonds is 1. The number of nitrogens with two attached hydrogens (primary N) is 1. The van der Waals surface area contributed by atoms with Gasteiger partial charge >= 0.3 is 0 Å². The van der Waals surface area contributed by atoms with Crippen molar-refractivity contribution >= 4 is 45.2 Å². The smallest absolute Gasteiger partial charge is 0.276 e. The first-order valence-corrected chi connectivity index (χ1v) is 5.43. The summed E-state index contributed by atoms with van der Waals surface area (Å²) in [7, 11) is 0. The van der Waals surface area contributed by atoms with E-state index >= 15 is 0 Å². The number of nitrogens with one attached hydrogen (secondary N) is 1. The molecule has 0 saturated heterocycles. The molecule has 0 unspecified atom stereocenters. The lowest BCUT2D eigenvalue weighted by atomic mass is 10.3. The van der Waals surface area contributed by atoms with E-state index in [9.17, 15) is 4.79 Å². The Morgan fingerprint density at radius 3 is 2.93 bits per heavy atom. The molecule has 2 heterocycles. The van der Waals surface area contributed by atoms with Crippen LogP contribution in [-0.4, -0.2) is 11.9 Å². The highest BCUT2D eigenvalue weighted by atomic mass is 79.9. The van der Waals surface area contributed by atoms with Crippen molar-refractivity contribution in [2.45, 2.75) is 0 Å². The molecular formula is C8H6BrN3OS. The Morgan fingerprint density at radius 2 is 2.43 bits per heavy atom. The zero-order chi connectivity index (χ0) is 10.1. The summed E-state index contributed by atoms with van der Waals surface area (Å²) in [4.78, 5) is 16.0. The summed E-state index contributed by atoms with van der Waals surface area (Å²) in [6.45, 7) is 0. The molecule has 3 N–H and O–H groups in total. The van der Waals surface area contributed by atoms with Crippen molar-refractivity contribution in [3.05, 3.63) is 26.5 Å². The lowest BCUT2D eigenvalue weighted by Crippen LogP contribution is -2.30. The third-order valence-electron chi connectivity index (χ3n) is 1.58. The average Bonchev–Trinajstić information content (AvgIpc) is 2.61. The second kappa shape index (κ2) is 3.55. The number of aliphatic imine (C=N–C) groups is 1. The van der Waals surface area contributed by atoms with Crippen LogP contribution in [0, 0.1) is 0 Å². The van der Waals surface area contributed by atoms with Crippen molar-refractivity contribution in [3.63, 3.8) is 0 Å². The van der Waals surface area contributed by atoms with Crippen LogP contribution in [0.2, 0.25) is 0 Å². The third kappa shape index (κ3) is 1.85. The van der Waals surface area contributed by atoms with Gasteiger partial charge in [0.2, 0.25) is 5.96 Å². The van der Waals surface area contributed by atoms with Gasteiger partial charge in [-0.05, 0) is 28.1 Å². The number of nitrogens with zero attached hydrogens (tertiary/aromatic N) is 1. The summed E-state index contributed by atoms with van der Waals surface area (Å²) < 4.78 is 0.990. The molecule has 0 bridgehead atoms. The maximum absolute atomic E-state index is 11.2. The van der Waals surface area contributed by atoms with Crippen LogP contribution in [0.25, 0.3) is 6.08 Å². The van der Waals surface area contributed by atoms with Crippen LogP contribution in [0.5, 0.6) is 0 Å². The van der Waals surface area contributed by atoms with Crippen LogP contribution < -0.4 is 11.1 Å². The van der Waals surface area contributed by atoms with Crippen LogP contribution in [0.15, 0.2) is 26.6 Å². The predicted octanol–water partition coefficient (Wildman–Crippen LogP) is 1.30. The molecule has 1 aliphatic heterocycles. The quantitative estimate of drug-likeness (QED) is 0.756. The fourth-order valence-electron chi connectivity index (χ4n) is 1.03. The van der Waals surface area contributed by atoms with Crippen molar-refractivity contribution in [1.29, 1.82) is 0 Å². The number of carbonyl (C=O) groups excluding carboxylic acids is 1. The summed E-state index contributed by atoms with van der Waals surface area (Å²) in [5.41, 5.74) is 5.69. The molecule has 0 aliphatic carbocycles. The molecule has 0 fully saturated rings. The summed E-state index contributed by atoms with van der Waals surface area (Å²) in [6, 6.07) is 1.91. The second-order valence-corrected chi connectivity index (χ2v) is 4.51. The normalized spacial score (nSPS) is 18.5. The van der Waals surface area contributed by atoms with E-state index in [0.717, 1.165) is 9.35 Å². The molecule has 0 aromatic carbocycles.